The minimum absolute atomic E-state index is 0.0609. The number of nitrogens with zero attached hydrogens (tertiary/aromatic N) is 1. The molecule has 0 aliphatic carbocycles. The smallest absolute Gasteiger partial charge is 0.243 e. The molecular formula is C16H22F2N2O3S. The molecule has 1 heterocycles. The maximum Gasteiger partial charge on any atom is 0.243 e. The van der Waals surface area contributed by atoms with E-state index in [0.29, 0.717) is 18.9 Å². The lowest BCUT2D eigenvalue weighted by atomic mass is 9.97. The number of nitrogens with one attached hydrogen (secondary N) is 1. The van der Waals surface area contributed by atoms with E-state index in [1.807, 2.05) is 13.8 Å². The fraction of sp³-hybridized carbons (Fsp3) is 0.562. The van der Waals surface area contributed by atoms with Crippen LogP contribution >= 0.6 is 0 Å². The average Bonchev–Trinajstić information content (AvgIpc) is 2.57. The van der Waals surface area contributed by atoms with E-state index in [0.717, 1.165) is 18.6 Å². The molecule has 134 valence electrons. The second kappa shape index (κ2) is 7.57. The zero-order valence-electron chi connectivity index (χ0n) is 13.8. The van der Waals surface area contributed by atoms with Crippen molar-refractivity contribution in [3.63, 3.8) is 0 Å². The van der Waals surface area contributed by atoms with Crippen molar-refractivity contribution in [1.82, 2.24) is 9.62 Å². The SMILES string of the molecule is CCC(C)NC(=O)C1CCN(S(=O)(=O)c2ccc(F)c(F)c2)CC1. The van der Waals surface area contributed by atoms with Crippen molar-refractivity contribution in [3.8, 4) is 0 Å². The lowest BCUT2D eigenvalue weighted by Gasteiger charge is -2.31. The van der Waals surface area contributed by atoms with Crippen LogP contribution in [-0.4, -0.2) is 37.8 Å². The van der Waals surface area contributed by atoms with Crippen LogP contribution in [0.2, 0.25) is 0 Å². The third-order valence-corrected chi connectivity index (χ3v) is 6.25. The molecule has 8 heteroatoms. The highest BCUT2D eigenvalue weighted by Crippen LogP contribution is 2.25. The summed E-state index contributed by atoms with van der Waals surface area (Å²) in [6.07, 6.45) is 1.64. The molecule has 0 bridgehead atoms. The Morgan fingerprint density at radius 2 is 1.92 bits per heavy atom. The van der Waals surface area contributed by atoms with Gasteiger partial charge < -0.3 is 5.32 Å². The first kappa shape index (κ1) is 18.8. The van der Waals surface area contributed by atoms with Crippen LogP contribution in [-0.2, 0) is 14.8 Å². The number of halogens is 2. The van der Waals surface area contributed by atoms with Gasteiger partial charge in [0.25, 0.3) is 0 Å². The summed E-state index contributed by atoms with van der Waals surface area (Å²) >= 11 is 0. The number of piperidine rings is 1. The highest BCUT2D eigenvalue weighted by molar-refractivity contribution is 7.89. The molecule has 1 aliphatic rings. The summed E-state index contributed by atoms with van der Waals surface area (Å²) in [7, 11) is -3.88. The van der Waals surface area contributed by atoms with Gasteiger partial charge in [0.15, 0.2) is 11.6 Å². The van der Waals surface area contributed by atoms with Gasteiger partial charge >= 0.3 is 0 Å². The van der Waals surface area contributed by atoms with Gasteiger partial charge in [0.2, 0.25) is 15.9 Å². The van der Waals surface area contributed by atoms with E-state index in [-0.39, 0.29) is 35.9 Å². The molecule has 0 radical (unpaired) electrons. The quantitative estimate of drug-likeness (QED) is 0.876. The lowest BCUT2D eigenvalue weighted by molar-refractivity contribution is -0.126. The van der Waals surface area contributed by atoms with Crippen molar-refractivity contribution in [3.05, 3.63) is 29.8 Å². The van der Waals surface area contributed by atoms with Gasteiger partial charge in [-0.15, -0.1) is 0 Å². The van der Waals surface area contributed by atoms with Gasteiger partial charge in [-0.2, -0.15) is 4.31 Å². The van der Waals surface area contributed by atoms with Gasteiger partial charge in [-0.25, -0.2) is 17.2 Å². The first-order chi connectivity index (χ1) is 11.3. The monoisotopic (exact) mass is 360 g/mol. The van der Waals surface area contributed by atoms with Gasteiger partial charge in [-0.05, 0) is 44.4 Å². The standard InChI is InChI=1S/C16H22F2N2O3S/c1-3-11(2)19-16(21)12-6-8-20(9-7-12)24(22,23)13-4-5-14(17)15(18)10-13/h4-5,10-12H,3,6-9H2,1-2H3,(H,19,21). The van der Waals surface area contributed by atoms with E-state index in [2.05, 4.69) is 5.32 Å². The van der Waals surface area contributed by atoms with Gasteiger partial charge in [-0.1, -0.05) is 6.92 Å². The molecule has 0 spiro atoms. The summed E-state index contributed by atoms with van der Waals surface area (Å²) in [6.45, 7) is 4.25. The maximum absolute atomic E-state index is 13.3. The highest BCUT2D eigenvalue weighted by atomic mass is 32.2. The molecule has 1 saturated heterocycles. The summed E-state index contributed by atoms with van der Waals surface area (Å²) in [5.41, 5.74) is 0. The average molecular weight is 360 g/mol. The lowest BCUT2D eigenvalue weighted by Crippen LogP contribution is -2.44. The fourth-order valence-electron chi connectivity index (χ4n) is 2.61. The van der Waals surface area contributed by atoms with Crippen molar-refractivity contribution < 1.29 is 22.0 Å². The van der Waals surface area contributed by atoms with E-state index in [1.165, 1.54) is 4.31 Å². The van der Waals surface area contributed by atoms with Crippen LogP contribution in [0.1, 0.15) is 33.1 Å². The van der Waals surface area contributed by atoms with Crippen LogP contribution in [0.5, 0.6) is 0 Å². The Balaban J connectivity index is 2.03. The molecule has 1 atom stereocenters. The molecule has 1 amide bonds. The van der Waals surface area contributed by atoms with Gasteiger partial charge in [0, 0.05) is 25.0 Å². The molecule has 1 aromatic carbocycles. The summed E-state index contributed by atoms with van der Waals surface area (Å²) in [5, 5.41) is 2.90. The van der Waals surface area contributed by atoms with Gasteiger partial charge in [0.05, 0.1) is 4.90 Å². The Morgan fingerprint density at radius 3 is 2.46 bits per heavy atom. The van der Waals surface area contributed by atoms with Crippen LogP contribution in [0.3, 0.4) is 0 Å². The van der Waals surface area contributed by atoms with Crippen LogP contribution < -0.4 is 5.32 Å². The molecule has 1 N–H and O–H groups in total. The second-order valence-corrected chi connectivity index (χ2v) is 8.01. The highest BCUT2D eigenvalue weighted by Gasteiger charge is 2.32. The van der Waals surface area contributed by atoms with E-state index in [9.17, 15) is 22.0 Å². The molecular weight excluding hydrogens is 338 g/mol. The molecule has 1 aliphatic heterocycles. The van der Waals surface area contributed by atoms with Crippen LogP contribution in [0.4, 0.5) is 8.78 Å². The topological polar surface area (TPSA) is 66.5 Å². The Bertz CT molecular complexity index is 701. The molecule has 1 unspecified atom stereocenters. The van der Waals surface area contributed by atoms with Crippen LogP contribution in [0, 0.1) is 17.6 Å². The number of sulfonamides is 1. The molecule has 2 rings (SSSR count). The van der Waals surface area contributed by atoms with Crippen molar-refractivity contribution in [1.29, 1.82) is 0 Å². The maximum atomic E-state index is 13.3. The van der Waals surface area contributed by atoms with E-state index >= 15 is 0 Å². The summed E-state index contributed by atoms with van der Waals surface area (Å²) < 4.78 is 52.5. The minimum atomic E-state index is -3.88. The van der Waals surface area contributed by atoms with Gasteiger partial charge in [-0.3, -0.25) is 4.79 Å². The van der Waals surface area contributed by atoms with Crippen LogP contribution in [0.15, 0.2) is 23.1 Å². The first-order valence-corrected chi connectivity index (χ1v) is 9.45. The van der Waals surface area contributed by atoms with E-state index in [4.69, 9.17) is 0 Å². The number of carbonyl (C=O) groups is 1. The fourth-order valence-corrected chi connectivity index (χ4v) is 4.09. The number of amides is 1. The molecule has 0 saturated carbocycles. The molecule has 5 nitrogen and oxygen atoms in total. The molecule has 1 aromatic rings. The third kappa shape index (κ3) is 4.10. The van der Waals surface area contributed by atoms with Crippen molar-refractivity contribution in [2.75, 3.05) is 13.1 Å². The Morgan fingerprint density at radius 1 is 1.29 bits per heavy atom. The summed E-state index contributed by atoms with van der Waals surface area (Å²) in [4.78, 5) is 11.8. The third-order valence-electron chi connectivity index (χ3n) is 4.35. The van der Waals surface area contributed by atoms with Gasteiger partial charge in [0.1, 0.15) is 0 Å². The number of hydrogen-bond donors (Lipinski definition) is 1. The van der Waals surface area contributed by atoms with Crippen molar-refractivity contribution >= 4 is 15.9 Å². The molecule has 1 fully saturated rings. The largest absolute Gasteiger partial charge is 0.353 e. The normalized spacial score (nSPS) is 18.3. The molecule has 0 aromatic heterocycles. The Kier molecular flexibility index (Phi) is 5.92. The number of rotatable bonds is 5. The number of benzene rings is 1. The van der Waals surface area contributed by atoms with E-state index < -0.39 is 21.7 Å². The van der Waals surface area contributed by atoms with Crippen molar-refractivity contribution in [2.24, 2.45) is 5.92 Å². The predicted molar refractivity (Wildman–Crippen MR) is 85.7 cm³/mol. The first-order valence-electron chi connectivity index (χ1n) is 8.01. The van der Waals surface area contributed by atoms with Crippen molar-refractivity contribution in [2.45, 2.75) is 44.0 Å². The number of hydrogen-bond acceptors (Lipinski definition) is 3. The zero-order valence-corrected chi connectivity index (χ0v) is 14.6. The minimum Gasteiger partial charge on any atom is -0.353 e. The number of carbonyl (C=O) groups excluding carboxylic acids is 1. The Hall–Kier alpha value is -1.54. The van der Waals surface area contributed by atoms with E-state index in [1.54, 1.807) is 0 Å². The molecule has 24 heavy (non-hydrogen) atoms. The predicted octanol–water partition coefficient (Wildman–Crippen LogP) is 2.28. The Labute approximate surface area is 141 Å². The second-order valence-electron chi connectivity index (χ2n) is 6.07. The zero-order chi connectivity index (χ0) is 17.9. The summed E-state index contributed by atoms with van der Waals surface area (Å²) in [6, 6.07) is 2.62. The van der Waals surface area contributed by atoms with Crippen LogP contribution in [0.25, 0.3) is 0 Å². The summed E-state index contributed by atoms with van der Waals surface area (Å²) in [5.74, 6) is -2.57.